The number of aryl methyl sites for hydroxylation is 1. The lowest BCUT2D eigenvalue weighted by molar-refractivity contribution is -0.384. The average molecular weight is 308 g/mol. The molecule has 0 saturated carbocycles. The molecule has 1 heterocycles. The molecule has 2 aromatic carbocycles. The quantitative estimate of drug-likeness (QED) is 0.377. The molecule has 2 aromatic rings. The number of rotatable bonds is 3. The molecule has 1 aliphatic heterocycles. The van der Waals surface area contributed by atoms with Crippen LogP contribution in [0.25, 0.3) is 6.08 Å². The fraction of sp³-hybridized carbons (Fsp3) is 0.0588. The fourth-order valence-corrected chi connectivity index (χ4v) is 2.22. The largest absolute Gasteiger partial charge is 0.402 e. The molecule has 0 fully saturated rings. The van der Waals surface area contributed by atoms with Gasteiger partial charge in [0.15, 0.2) is 5.70 Å². The van der Waals surface area contributed by atoms with Crippen LogP contribution in [0, 0.1) is 17.0 Å². The van der Waals surface area contributed by atoms with E-state index in [2.05, 4.69) is 4.99 Å². The van der Waals surface area contributed by atoms with E-state index in [-0.39, 0.29) is 17.3 Å². The van der Waals surface area contributed by atoms with Crippen LogP contribution in [-0.4, -0.2) is 16.8 Å². The lowest BCUT2D eigenvalue weighted by Crippen LogP contribution is -2.06. The molecule has 0 unspecified atom stereocenters. The number of hydrogen-bond donors (Lipinski definition) is 0. The Morgan fingerprint density at radius 1 is 1.17 bits per heavy atom. The minimum absolute atomic E-state index is 0.0474. The first-order chi connectivity index (χ1) is 11.0. The standard InChI is InChI=1S/C17H12N2O4/c1-11-5-2-3-8-14(11)16-18-15(17(20)23-16)10-12-6-4-7-13(9-12)19(21)22/h2-10H,1H3. The lowest BCUT2D eigenvalue weighted by atomic mass is 10.1. The van der Waals surface area contributed by atoms with Crippen LogP contribution in [0.3, 0.4) is 0 Å². The number of nitro groups is 1. The molecule has 6 nitrogen and oxygen atoms in total. The highest BCUT2D eigenvalue weighted by Crippen LogP contribution is 2.22. The predicted molar refractivity (Wildman–Crippen MR) is 84.9 cm³/mol. The zero-order valence-corrected chi connectivity index (χ0v) is 12.2. The molecule has 3 rings (SSSR count). The van der Waals surface area contributed by atoms with Crippen LogP contribution in [-0.2, 0) is 9.53 Å². The molecule has 0 radical (unpaired) electrons. The Labute approximate surface area is 131 Å². The van der Waals surface area contributed by atoms with Gasteiger partial charge in [-0.2, -0.15) is 0 Å². The summed E-state index contributed by atoms with van der Waals surface area (Å²) in [7, 11) is 0. The summed E-state index contributed by atoms with van der Waals surface area (Å²) in [5.41, 5.74) is 2.26. The van der Waals surface area contributed by atoms with E-state index in [0.29, 0.717) is 5.56 Å². The first-order valence-corrected chi connectivity index (χ1v) is 6.87. The van der Waals surface area contributed by atoms with Crippen molar-refractivity contribution in [1.82, 2.24) is 0 Å². The van der Waals surface area contributed by atoms with Gasteiger partial charge in [0, 0.05) is 17.7 Å². The van der Waals surface area contributed by atoms with E-state index in [9.17, 15) is 14.9 Å². The number of esters is 1. The number of nitro benzene ring substituents is 1. The maximum Gasteiger partial charge on any atom is 0.363 e. The van der Waals surface area contributed by atoms with Crippen molar-refractivity contribution in [2.45, 2.75) is 6.92 Å². The Kier molecular flexibility index (Phi) is 3.72. The van der Waals surface area contributed by atoms with Crippen molar-refractivity contribution in [2.24, 2.45) is 4.99 Å². The molecule has 0 bridgehead atoms. The van der Waals surface area contributed by atoms with E-state index in [0.717, 1.165) is 11.1 Å². The number of ether oxygens (including phenoxy) is 1. The van der Waals surface area contributed by atoms with Gasteiger partial charge in [0.2, 0.25) is 5.90 Å². The molecular formula is C17H12N2O4. The molecular weight excluding hydrogens is 296 g/mol. The molecule has 6 heteroatoms. The Balaban J connectivity index is 1.97. The highest BCUT2D eigenvalue weighted by molar-refractivity contribution is 6.13. The lowest BCUT2D eigenvalue weighted by Gasteiger charge is -2.02. The van der Waals surface area contributed by atoms with Crippen LogP contribution in [0.2, 0.25) is 0 Å². The Morgan fingerprint density at radius 2 is 1.96 bits per heavy atom. The summed E-state index contributed by atoms with van der Waals surface area (Å²) in [6.45, 7) is 1.90. The van der Waals surface area contributed by atoms with E-state index in [1.54, 1.807) is 12.1 Å². The summed E-state index contributed by atoms with van der Waals surface area (Å²) in [5, 5.41) is 10.8. The predicted octanol–water partition coefficient (Wildman–Crippen LogP) is 3.25. The summed E-state index contributed by atoms with van der Waals surface area (Å²) < 4.78 is 5.20. The summed E-state index contributed by atoms with van der Waals surface area (Å²) in [4.78, 5) is 26.5. The van der Waals surface area contributed by atoms with Crippen molar-refractivity contribution in [3.8, 4) is 0 Å². The van der Waals surface area contributed by atoms with Crippen molar-refractivity contribution in [1.29, 1.82) is 0 Å². The zero-order chi connectivity index (χ0) is 16.4. The number of aliphatic imine (C=N–C) groups is 1. The maximum absolute atomic E-state index is 12.0. The van der Waals surface area contributed by atoms with E-state index in [1.165, 1.54) is 18.2 Å². The number of carbonyl (C=O) groups excluding carboxylic acids is 1. The van der Waals surface area contributed by atoms with Gasteiger partial charge in [-0.1, -0.05) is 30.3 Å². The van der Waals surface area contributed by atoms with Crippen LogP contribution in [0.1, 0.15) is 16.7 Å². The van der Waals surface area contributed by atoms with Gasteiger partial charge < -0.3 is 4.74 Å². The zero-order valence-electron chi connectivity index (χ0n) is 12.2. The summed E-state index contributed by atoms with van der Waals surface area (Å²) in [6.07, 6.45) is 1.47. The van der Waals surface area contributed by atoms with Crippen LogP contribution in [0.5, 0.6) is 0 Å². The third-order valence-corrected chi connectivity index (χ3v) is 3.38. The third-order valence-electron chi connectivity index (χ3n) is 3.38. The number of non-ortho nitro benzene ring substituents is 1. The SMILES string of the molecule is Cc1ccccc1C1=NC(=Cc2cccc([N+](=O)[O-])c2)C(=O)O1. The van der Waals surface area contributed by atoms with Crippen molar-refractivity contribution in [2.75, 3.05) is 0 Å². The Hall–Kier alpha value is -3.28. The highest BCUT2D eigenvalue weighted by atomic mass is 16.6. The molecule has 0 aliphatic carbocycles. The first kappa shape index (κ1) is 14.6. The van der Waals surface area contributed by atoms with Gasteiger partial charge in [-0.05, 0) is 30.2 Å². The van der Waals surface area contributed by atoms with Gasteiger partial charge in [-0.3, -0.25) is 10.1 Å². The summed E-state index contributed by atoms with van der Waals surface area (Å²) in [5.74, 6) is -0.334. The normalized spacial score (nSPS) is 15.4. The minimum atomic E-state index is -0.574. The van der Waals surface area contributed by atoms with Crippen LogP contribution in [0.15, 0.2) is 59.2 Å². The maximum atomic E-state index is 12.0. The molecule has 1 aliphatic rings. The van der Waals surface area contributed by atoms with Crippen LogP contribution in [0.4, 0.5) is 5.69 Å². The molecule has 0 atom stereocenters. The monoisotopic (exact) mass is 308 g/mol. The van der Waals surface area contributed by atoms with Gasteiger partial charge in [-0.25, -0.2) is 9.79 Å². The van der Waals surface area contributed by atoms with Crippen molar-refractivity contribution < 1.29 is 14.5 Å². The Bertz CT molecular complexity index is 868. The smallest absolute Gasteiger partial charge is 0.363 e. The molecule has 0 N–H and O–H groups in total. The van der Waals surface area contributed by atoms with Gasteiger partial charge in [-0.15, -0.1) is 0 Å². The second kappa shape index (κ2) is 5.84. The van der Waals surface area contributed by atoms with Crippen molar-refractivity contribution in [3.05, 3.63) is 81.0 Å². The second-order valence-corrected chi connectivity index (χ2v) is 5.00. The van der Waals surface area contributed by atoms with Gasteiger partial charge in [0.25, 0.3) is 5.69 Å². The Morgan fingerprint density at radius 3 is 2.70 bits per heavy atom. The molecule has 0 saturated heterocycles. The van der Waals surface area contributed by atoms with E-state index in [4.69, 9.17) is 4.74 Å². The van der Waals surface area contributed by atoms with E-state index < -0.39 is 10.9 Å². The van der Waals surface area contributed by atoms with E-state index >= 15 is 0 Å². The number of hydrogen-bond acceptors (Lipinski definition) is 5. The van der Waals surface area contributed by atoms with Gasteiger partial charge >= 0.3 is 5.97 Å². The third kappa shape index (κ3) is 3.01. The molecule has 114 valence electrons. The minimum Gasteiger partial charge on any atom is -0.402 e. The molecule has 0 amide bonds. The summed E-state index contributed by atoms with van der Waals surface area (Å²) >= 11 is 0. The number of benzene rings is 2. The second-order valence-electron chi connectivity index (χ2n) is 5.00. The van der Waals surface area contributed by atoms with Crippen LogP contribution < -0.4 is 0 Å². The van der Waals surface area contributed by atoms with Gasteiger partial charge in [0.05, 0.1) is 4.92 Å². The van der Waals surface area contributed by atoms with Crippen molar-refractivity contribution >= 4 is 23.6 Å². The topological polar surface area (TPSA) is 81.8 Å². The molecule has 0 aromatic heterocycles. The van der Waals surface area contributed by atoms with Gasteiger partial charge in [0.1, 0.15) is 0 Å². The number of cyclic esters (lactones) is 1. The summed E-state index contributed by atoms with van der Waals surface area (Å²) in [6, 6.07) is 13.4. The molecule has 0 spiro atoms. The highest BCUT2D eigenvalue weighted by Gasteiger charge is 2.25. The number of carbonyl (C=O) groups is 1. The van der Waals surface area contributed by atoms with Crippen LogP contribution >= 0.6 is 0 Å². The fourth-order valence-electron chi connectivity index (χ4n) is 2.22. The van der Waals surface area contributed by atoms with Crippen molar-refractivity contribution in [3.63, 3.8) is 0 Å². The number of nitrogens with zero attached hydrogens (tertiary/aromatic N) is 2. The van der Waals surface area contributed by atoms with E-state index in [1.807, 2.05) is 31.2 Å². The average Bonchev–Trinajstić information content (AvgIpc) is 2.89. The first-order valence-electron chi connectivity index (χ1n) is 6.87. The molecule has 23 heavy (non-hydrogen) atoms.